The quantitative estimate of drug-likeness (QED) is 0.827. The molecule has 0 aliphatic carbocycles. The summed E-state index contributed by atoms with van der Waals surface area (Å²) in [5.41, 5.74) is 7.34. The average Bonchev–Trinajstić information content (AvgIpc) is 2.50. The number of halogens is 1. The highest BCUT2D eigenvalue weighted by Crippen LogP contribution is 2.21. The van der Waals surface area contributed by atoms with E-state index in [4.69, 9.17) is 10.5 Å². The Morgan fingerprint density at radius 2 is 2.14 bits per heavy atom. The average molecular weight is 355 g/mol. The monoisotopic (exact) mass is 354 g/mol. The molecule has 1 aromatic rings. The van der Waals surface area contributed by atoms with Crippen molar-refractivity contribution in [3.05, 3.63) is 33.8 Å². The van der Waals surface area contributed by atoms with Crippen LogP contribution in [0.2, 0.25) is 0 Å². The van der Waals surface area contributed by atoms with Crippen molar-refractivity contribution in [2.24, 2.45) is 5.73 Å². The van der Waals surface area contributed by atoms with Gasteiger partial charge in [-0.2, -0.15) is 0 Å². The summed E-state index contributed by atoms with van der Waals surface area (Å²) in [5, 5.41) is 0. The van der Waals surface area contributed by atoms with Gasteiger partial charge in [0.1, 0.15) is 0 Å². The standard InChI is InChI=1S/C16H23BrN2O2/c1-12-3-4-13(11-15(12)17)16(20)19-8-5-14(6-9-19)21-10-2-7-18/h3-4,11,14H,2,5-10,18H2,1H3. The molecule has 0 saturated carbocycles. The van der Waals surface area contributed by atoms with Gasteiger partial charge in [-0.15, -0.1) is 0 Å². The number of aryl methyl sites for hydroxylation is 1. The Bertz CT molecular complexity index is 485. The molecule has 1 aromatic carbocycles. The summed E-state index contributed by atoms with van der Waals surface area (Å²) in [5.74, 6) is 0.108. The molecule has 1 aliphatic heterocycles. The lowest BCUT2D eigenvalue weighted by Crippen LogP contribution is -2.41. The van der Waals surface area contributed by atoms with Crippen molar-refractivity contribution in [2.45, 2.75) is 32.3 Å². The highest BCUT2D eigenvalue weighted by Gasteiger charge is 2.24. The van der Waals surface area contributed by atoms with Crippen LogP contribution in [0.25, 0.3) is 0 Å². The van der Waals surface area contributed by atoms with Crippen LogP contribution in [0, 0.1) is 6.92 Å². The molecule has 0 aromatic heterocycles. The molecule has 2 N–H and O–H groups in total. The zero-order chi connectivity index (χ0) is 15.2. The number of rotatable bonds is 5. The molecule has 0 spiro atoms. The van der Waals surface area contributed by atoms with Gasteiger partial charge < -0.3 is 15.4 Å². The normalized spacial score (nSPS) is 16.2. The summed E-state index contributed by atoms with van der Waals surface area (Å²) in [6.07, 6.45) is 2.98. The van der Waals surface area contributed by atoms with E-state index in [1.54, 1.807) is 0 Å². The van der Waals surface area contributed by atoms with E-state index in [-0.39, 0.29) is 12.0 Å². The third-order valence-electron chi connectivity index (χ3n) is 3.85. The van der Waals surface area contributed by atoms with E-state index in [9.17, 15) is 4.79 Å². The van der Waals surface area contributed by atoms with Crippen molar-refractivity contribution < 1.29 is 9.53 Å². The smallest absolute Gasteiger partial charge is 0.253 e. The van der Waals surface area contributed by atoms with Crippen LogP contribution in [0.5, 0.6) is 0 Å². The lowest BCUT2D eigenvalue weighted by molar-refractivity contribution is 0.00844. The van der Waals surface area contributed by atoms with Gasteiger partial charge in [0.05, 0.1) is 6.10 Å². The second kappa shape index (κ2) is 7.92. The fourth-order valence-corrected chi connectivity index (χ4v) is 2.85. The lowest BCUT2D eigenvalue weighted by atomic mass is 10.1. The largest absolute Gasteiger partial charge is 0.378 e. The molecular formula is C16H23BrN2O2. The number of nitrogens with two attached hydrogens (primary N) is 1. The summed E-state index contributed by atoms with van der Waals surface area (Å²) < 4.78 is 6.75. The third kappa shape index (κ3) is 4.53. The predicted molar refractivity (Wildman–Crippen MR) is 87.4 cm³/mol. The van der Waals surface area contributed by atoms with Crippen LogP contribution in [0.1, 0.15) is 35.2 Å². The Kier molecular flexibility index (Phi) is 6.21. The number of benzene rings is 1. The number of ether oxygens (including phenoxy) is 1. The van der Waals surface area contributed by atoms with Gasteiger partial charge in [0.15, 0.2) is 0 Å². The Hall–Kier alpha value is -0.910. The number of likely N-dealkylation sites (tertiary alicyclic amines) is 1. The van der Waals surface area contributed by atoms with Crippen molar-refractivity contribution in [3.8, 4) is 0 Å². The van der Waals surface area contributed by atoms with Crippen molar-refractivity contribution >= 4 is 21.8 Å². The second-order valence-corrected chi connectivity index (χ2v) is 6.32. The van der Waals surface area contributed by atoms with Gasteiger partial charge in [0, 0.05) is 29.7 Å². The summed E-state index contributed by atoms with van der Waals surface area (Å²) in [6, 6.07) is 5.77. The summed E-state index contributed by atoms with van der Waals surface area (Å²) in [4.78, 5) is 14.4. The second-order valence-electron chi connectivity index (χ2n) is 5.47. The van der Waals surface area contributed by atoms with Gasteiger partial charge in [0.2, 0.25) is 0 Å². The maximum atomic E-state index is 12.5. The van der Waals surface area contributed by atoms with Crippen LogP contribution >= 0.6 is 15.9 Å². The number of hydrogen-bond donors (Lipinski definition) is 1. The number of carbonyl (C=O) groups excluding carboxylic acids is 1. The Morgan fingerprint density at radius 1 is 1.43 bits per heavy atom. The van der Waals surface area contributed by atoms with E-state index < -0.39 is 0 Å². The first-order chi connectivity index (χ1) is 10.1. The minimum atomic E-state index is 0.108. The molecule has 21 heavy (non-hydrogen) atoms. The molecule has 2 rings (SSSR count). The third-order valence-corrected chi connectivity index (χ3v) is 4.70. The van der Waals surface area contributed by atoms with E-state index >= 15 is 0 Å². The number of carbonyl (C=O) groups is 1. The molecular weight excluding hydrogens is 332 g/mol. The van der Waals surface area contributed by atoms with Gasteiger partial charge >= 0.3 is 0 Å². The number of piperidine rings is 1. The van der Waals surface area contributed by atoms with Crippen LogP contribution in [0.4, 0.5) is 0 Å². The molecule has 1 saturated heterocycles. The summed E-state index contributed by atoms with van der Waals surface area (Å²) in [7, 11) is 0. The van der Waals surface area contributed by atoms with E-state index in [1.165, 1.54) is 0 Å². The van der Waals surface area contributed by atoms with Crippen molar-refractivity contribution in [2.75, 3.05) is 26.2 Å². The molecule has 0 atom stereocenters. The van der Waals surface area contributed by atoms with E-state index in [0.29, 0.717) is 6.54 Å². The molecule has 1 amide bonds. The molecule has 1 heterocycles. The van der Waals surface area contributed by atoms with Gasteiger partial charge in [-0.25, -0.2) is 0 Å². The summed E-state index contributed by atoms with van der Waals surface area (Å²) >= 11 is 3.48. The highest BCUT2D eigenvalue weighted by atomic mass is 79.9. The zero-order valence-electron chi connectivity index (χ0n) is 12.5. The first-order valence-corrected chi connectivity index (χ1v) is 8.28. The van der Waals surface area contributed by atoms with Crippen molar-refractivity contribution in [1.82, 2.24) is 4.90 Å². The van der Waals surface area contributed by atoms with Crippen LogP contribution < -0.4 is 5.73 Å². The van der Waals surface area contributed by atoms with Crippen LogP contribution in [-0.2, 0) is 4.74 Å². The molecule has 116 valence electrons. The minimum absolute atomic E-state index is 0.108. The number of hydrogen-bond acceptors (Lipinski definition) is 3. The fourth-order valence-electron chi connectivity index (χ4n) is 2.47. The van der Waals surface area contributed by atoms with E-state index in [1.807, 2.05) is 30.0 Å². The maximum Gasteiger partial charge on any atom is 0.253 e. The van der Waals surface area contributed by atoms with Crippen LogP contribution in [0.15, 0.2) is 22.7 Å². The Morgan fingerprint density at radius 3 is 2.76 bits per heavy atom. The lowest BCUT2D eigenvalue weighted by Gasteiger charge is -2.32. The number of amides is 1. The molecule has 1 aliphatic rings. The topological polar surface area (TPSA) is 55.6 Å². The Labute approximate surface area is 134 Å². The van der Waals surface area contributed by atoms with E-state index in [0.717, 1.165) is 54.6 Å². The van der Waals surface area contributed by atoms with Crippen molar-refractivity contribution in [1.29, 1.82) is 0 Å². The van der Waals surface area contributed by atoms with Crippen molar-refractivity contribution in [3.63, 3.8) is 0 Å². The molecule has 0 unspecified atom stereocenters. The fraction of sp³-hybridized carbons (Fsp3) is 0.562. The molecule has 0 bridgehead atoms. The molecule has 5 heteroatoms. The predicted octanol–water partition coefficient (Wildman–Crippen LogP) is 2.73. The summed E-state index contributed by atoms with van der Waals surface area (Å²) in [6.45, 7) is 4.93. The minimum Gasteiger partial charge on any atom is -0.378 e. The molecule has 1 fully saturated rings. The van der Waals surface area contributed by atoms with Gasteiger partial charge in [0.25, 0.3) is 5.91 Å². The first kappa shape index (κ1) is 16.5. The van der Waals surface area contributed by atoms with Crippen LogP contribution in [-0.4, -0.2) is 43.2 Å². The van der Waals surface area contributed by atoms with Crippen LogP contribution in [0.3, 0.4) is 0 Å². The number of nitrogens with zero attached hydrogens (tertiary/aromatic N) is 1. The molecule has 0 radical (unpaired) electrons. The molecule has 4 nitrogen and oxygen atoms in total. The maximum absolute atomic E-state index is 12.5. The Balaban J connectivity index is 1.86. The highest BCUT2D eigenvalue weighted by molar-refractivity contribution is 9.10. The SMILES string of the molecule is Cc1ccc(C(=O)N2CCC(OCCCN)CC2)cc1Br. The van der Waals surface area contributed by atoms with Gasteiger partial charge in [-0.05, 0) is 50.4 Å². The zero-order valence-corrected chi connectivity index (χ0v) is 14.1. The van der Waals surface area contributed by atoms with Gasteiger partial charge in [-0.1, -0.05) is 22.0 Å². The van der Waals surface area contributed by atoms with Gasteiger partial charge in [-0.3, -0.25) is 4.79 Å². The first-order valence-electron chi connectivity index (χ1n) is 7.49. The van der Waals surface area contributed by atoms with E-state index in [2.05, 4.69) is 15.9 Å².